The van der Waals surface area contributed by atoms with Crippen molar-refractivity contribution in [1.82, 2.24) is 4.90 Å². The van der Waals surface area contributed by atoms with Gasteiger partial charge in [0.05, 0.1) is 6.54 Å². The molecule has 0 saturated carbocycles. The Morgan fingerprint density at radius 1 is 1.16 bits per heavy atom. The van der Waals surface area contributed by atoms with E-state index in [-0.39, 0.29) is 25.0 Å². The zero-order valence-corrected chi connectivity index (χ0v) is 15.0. The molecule has 6 heteroatoms. The van der Waals surface area contributed by atoms with Crippen molar-refractivity contribution in [3.63, 3.8) is 0 Å². The third kappa shape index (κ3) is 5.80. The fourth-order valence-electron chi connectivity index (χ4n) is 2.22. The van der Waals surface area contributed by atoms with E-state index < -0.39 is 0 Å². The Morgan fingerprint density at radius 3 is 2.56 bits per heavy atom. The van der Waals surface area contributed by atoms with Crippen molar-refractivity contribution >= 4 is 29.1 Å². The van der Waals surface area contributed by atoms with Crippen molar-refractivity contribution in [2.24, 2.45) is 0 Å². The van der Waals surface area contributed by atoms with E-state index in [0.717, 1.165) is 5.56 Å². The molecule has 2 aromatic carbocycles. The predicted octanol–water partition coefficient (Wildman–Crippen LogP) is 3.51. The molecule has 2 aromatic rings. The van der Waals surface area contributed by atoms with Crippen LogP contribution in [0, 0.1) is 6.92 Å². The lowest BCUT2D eigenvalue weighted by atomic mass is 10.2. The molecule has 2 amide bonds. The number of aryl methyl sites for hydroxylation is 1. The highest BCUT2D eigenvalue weighted by Gasteiger charge is 2.16. The highest BCUT2D eigenvalue weighted by Crippen LogP contribution is 2.20. The summed E-state index contributed by atoms with van der Waals surface area (Å²) < 4.78 is 5.44. The van der Waals surface area contributed by atoms with Crippen molar-refractivity contribution in [3.05, 3.63) is 59.1 Å². The molecule has 0 aromatic heterocycles. The minimum Gasteiger partial charge on any atom is -0.484 e. The molecule has 0 heterocycles. The largest absolute Gasteiger partial charge is 0.484 e. The van der Waals surface area contributed by atoms with Crippen molar-refractivity contribution in [1.29, 1.82) is 0 Å². The first kappa shape index (κ1) is 18.8. The zero-order valence-electron chi connectivity index (χ0n) is 14.3. The van der Waals surface area contributed by atoms with Gasteiger partial charge in [-0.15, -0.1) is 0 Å². The maximum absolute atomic E-state index is 12.3. The first-order valence-corrected chi connectivity index (χ1v) is 8.39. The zero-order chi connectivity index (χ0) is 18.2. The van der Waals surface area contributed by atoms with Crippen LogP contribution in [0.4, 0.5) is 5.69 Å². The second-order valence-electron chi connectivity index (χ2n) is 5.52. The van der Waals surface area contributed by atoms with Gasteiger partial charge in [-0.1, -0.05) is 35.9 Å². The van der Waals surface area contributed by atoms with Crippen LogP contribution >= 0.6 is 11.6 Å². The molecular weight excluding hydrogens is 340 g/mol. The van der Waals surface area contributed by atoms with Crippen LogP contribution in [0.2, 0.25) is 5.02 Å². The summed E-state index contributed by atoms with van der Waals surface area (Å²) in [5, 5.41) is 3.33. The number of nitrogens with zero attached hydrogens (tertiary/aromatic N) is 1. The lowest BCUT2D eigenvalue weighted by Gasteiger charge is -2.21. The van der Waals surface area contributed by atoms with Gasteiger partial charge in [0.1, 0.15) is 5.75 Å². The normalized spacial score (nSPS) is 10.2. The minimum absolute atomic E-state index is 0.0422. The number of hydrogen-bond acceptors (Lipinski definition) is 3. The number of ether oxygens (including phenoxy) is 1. The number of hydrogen-bond donors (Lipinski definition) is 1. The second-order valence-corrected chi connectivity index (χ2v) is 5.95. The van der Waals surface area contributed by atoms with Gasteiger partial charge in [-0.05, 0) is 43.7 Å². The Morgan fingerprint density at radius 2 is 1.88 bits per heavy atom. The number of nitrogens with one attached hydrogen (secondary N) is 1. The third-order valence-corrected chi connectivity index (χ3v) is 3.88. The summed E-state index contributed by atoms with van der Waals surface area (Å²) in [6.45, 7) is 3.96. The number of carbonyl (C=O) groups excluding carboxylic acids is 2. The quantitative estimate of drug-likeness (QED) is 0.822. The van der Waals surface area contributed by atoms with E-state index in [9.17, 15) is 9.59 Å². The molecule has 0 aliphatic heterocycles. The summed E-state index contributed by atoms with van der Waals surface area (Å²) >= 11 is 5.95. The number of amides is 2. The predicted molar refractivity (Wildman–Crippen MR) is 99.0 cm³/mol. The maximum atomic E-state index is 12.3. The molecule has 0 aliphatic rings. The smallest absolute Gasteiger partial charge is 0.260 e. The molecule has 5 nitrogen and oxygen atoms in total. The number of para-hydroxylation sites is 1. The molecule has 0 aliphatic carbocycles. The van der Waals surface area contributed by atoms with E-state index in [1.807, 2.05) is 38.1 Å². The molecule has 1 N–H and O–H groups in total. The average molecular weight is 361 g/mol. The molecule has 25 heavy (non-hydrogen) atoms. The van der Waals surface area contributed by atoms with Crippen LogP contribution in [0.1, 0.15) is 12.5 Å². The first-order chi connectivity index (χ1) is 12.0. The van der Waals surface area contributed by atoms with E-state index in [2.05, 4.69) is 5.32 Å². The van der Waals surface area contributed by atoms with E-state index in [4.69, 9.17) is 16.3 Å². The van der Waals surface area contributed by atoms with Crippen LogP contribution in [0.15, 0.2) is 48.5 Å². The van der Waals surface area contributed by atoms with Crippen molar-refractivity contribution in [2.45, 2.75) is 13.8 Å². The number of rotatable bonds is 7. The van der Waals surface area contributed by atoms with Crippen LogP contribution < -0.4 is 10.1 Å². The number of carbonyl (C=O) groups is 2. The fourth-order valence-corrected chi connectivity index (χ4v) is 2.39. The summed E-state index contributed by atoms with van der Waals surface area (Å²) in [5.41, 5.74) is 1.54. The van der Waals surface area contributed by atoms with Gasteiger partial charge in [0.2, 0.25) is 5.91 Å². The van der Waals surface area contributed by atoms with Crippen LogP contribution in [0.25, 0.3) is 0 Å². The topological polar surface area (TPSA) is 58.6 Å². The molecular formula is C19H21ClN2O3. The highest BCUT2D eigenvalue weighted by molar-refractivity contribution is 6.31. The van der Waals surface area contributed by atoms with Crippen LogP contribution in [-0.2, 0) is 9.59 Å². The average Bonchev–Trinajstić information content (AvgIpc) is 2.61. The summed E-state index contributed by atoms with van der Waals surface area (Å²) in [6.07, 6.45) is 0. The number of anilines is 1. The van der Waals surface area contributed by atoms with E-state index in [1.54, 1.807) is 24.3 Å². The Bertz CT molecular complexity index is 735. The molecule has 0 spiro atoms. The summed E-state index contributed by atoms with van der Waals surface area (Å²) in [5.74, 6) is 0.0931. The Labute approximate surface area is 152 Å². The standard InChI is InChI=1S/C19H21ClN2O3/c1-3-22(19(24)13-25-16-7-5-4-6-8-16)12-18(23)21-17-11-15(20)10-9-14(17)2/h4-11H,3,12-13H2,1-2H3,(H,21,23). The Hall–Kier alpha value is -2.53. The SMILES string of the molecule is CCN(CC(=O)Nc1cc(Cl)ccc1C)C(=O)COc1ccccc1. The molecule has 0 atom stereocenters. The molecule has 132 valence electrons. The number of halogens is 1. The summed E-state index contributed by atoms with van der Waals surface area (Å²) in [4.78, 5) is 25.9. The molecule has 0 bridgehead atoms. The van der Waals surface area contributed by atoms with Gasteiger partial charge in [-0.3, -0.25) is 9.59 Å². The Balaban J connectivity index is 1.90. The third-order valence-electron chi connectivity index (χ3n) is 3.65. The molecule has 0 radical (unpaired) electrons. The van der Waals surface area contributed by atoms with Gasteiger partial charge >= 0.3 is 0 Å². The van der Waals surface area contributed by atoms with Crippen LogP contribution in [0.5, 0.6) is 5.75 Å². The summed E-state index contributed by atoms with van der Waals surface area (Å²) in [7, 11) is 0. The van der Waals surface area contributed by atoms with Crippen molar-refractivity contribution < 1.29 is 14.3 Å². The van der Waals surface area contributed by atoms with Crippen molar-refractivity contribution in [2.75, 3.05) is 25.0 Å². The van der Waals surface area contributed by atoms with E-state index in [1.165, 1.54) is 4.90 Å². The van der Waals surface area contributed by atoms with Crippen molar-refractivity contribution in [3.8, 4) is 5.75 Å². The fraction of sp³-hybridized carbons (Fsp3) is 0.263. The maximum Gasteiger partial charge on any atom is 0.260 e. The minimum atomic E-state index is -0.278. The van der Waals surface area contributed by atoms with Gasteiger partial charge in [0.25, 0.3) is 5.91 Å². The highest BCUT2D eigenvalue weighted by atomic mass is 35.5. The monoisotopic (exact) mass is 360 g/mol. The second kappa shape index (κ2) is 9.08. The Kier molecular flexibility index (Phi) is 6.83. The van der Waals surface area contributed by atoms with Crippen LogP contribution in [-0.4, -0.2) is 36.4 Å². The van der Waals surface area contributed by atoms with Gasteiger partial charge in [0, 0.05) is 17.3 Å². The molecule has 0 saturated heterocycles. The van der Waals surface area contributed by atoms with Gasteiger partial charge in [-0.25, -0.2) is 0 Å². The molecule has 0 fully saturated rings. The van der Waals surface area contributed by atoms with Gasteiger partial charge in [0.15, 0.2) is 6.61 Å². The van der Waals surface area contributed by atoms with Gasteiger partial charge < -0.3 is 15.0 Å². The lowest BCUT2D eigenvalue weighted by molar-refractivity contribution is -0.136. The molecule has 0 unspecified atom stereocenters. The first-order valence-electron chi connectivity index (χ1n) is 8.01. The number of benzene rings is 2. The number of likely N-dealkylation sites (N-methyl/N-ethyl adjacent to an activating group) is 1. The van der Waals surface area contributed by atoms with E-state index >= 15 is 0 Å². The van der Waals surface area contributed by atoms with E-state index in [0.29, 0.717) is 23.0 Å². The molecule has 2 rings (SSSR count). The van der Waals surface area contributed by atoms with Gasteiger partial charge in [-0.2, -0.15) is 0 Å². The summed E-state index contributed by atoms with van der Waals surface area (Å²) in [6, 6.07) is 14.4. The lowest BCUT2D eigenvalue weighted by Crippen LogP contribution is -2.40. The van der Waals surface area contributed by atoms with Crippen LogP contribution in [0.3, 0.4) is 0 Å².